The molecular formula is C15H14BFO. The molecule has 0 atom stereocenters. The highest BCUT2D eigenvalue weighted by Crippen LogP contribution is 2.14. The quantitative estimate of drug-likeness (QED) is 0.590. The highest BCUT2D eigenvalue weighted by Gasteiger charge is 1.96. The fourth-order valence-electron chi connectivity index (χ4n) is 1.76. The first-order valence-electron chi connectivity index (χ1n) is 5.77. The fraction of sp³-hybridized carbons (Fsp3) is 0.0667. The predicted molar refractivity (Wildman–Crippen MR) is 76.5 cm³/mol. The van der Waals surface area contributed by atoms with Crippen molar-refractivity contribution < 1.29 is 9.13 Å². The maximum atomic E-state index is 12.8. The molecule has 0 unspecified atom stereocenters. The van der Waals surface area contributed by atoms with Crippen molar-refractivity contribution in [2.24, 2.45) is 0 Å². The number of rotatable bonds is 3. The van der Waals surface area contributed by atoms with Crippen molar-refractivity contribution in [3.8, 4) is 5.75 Å². The number of hydrogen-bond acceptors (Lipinski definition) is 1. The summed E-state index contributed by atoms with van der Waals surface area (Å²) < 4.78 is 18.0. The summed E-state index contributed by atoms with van der Waals surface area (Å²) in [6.07, 6.45) is 3.94. The first kappa shape index (κ1) is 12.4. The summed E-state index contributed by atoms with van der Waals surface area (Å²) in [6.45, 7) is 0. The Labute approximate surface area is 107 Å². The molecule has 0 aliphatic heterocycles. The zero-order valence-corrected chi connectivity index (χ0v) is 10.5. The molecule has 0 aliphatic carbocycles. The molecule has 0 radical (unpaired) electrons. The Morgan fingerprint density at radius 1 is 1.00 bits per heavy atom. The van der Waals surface area contributed by atoms with Gasteiger partial charge in [0.2, 0.25) is 0 Å². The van der Waals surface area contributed by atoms with Crippen LogP contribution < -0.4 is 10.2 Å². The third kappa shape index (κ3) is 3.23. The molecule has 0 bridgehead atoms. The molecule has 3 heteroatoms. The van der Waals surface area contributed by atoms with Crippen LogP contribution in [-0.2, 0) is 0 Å². The first-order chi connectivity index (χ1) is 8.67. The van der Waals surface area contributed by atoms with Crippen molar-refractivity contribution in [1.82, 2.24) is 0 Å². The maximum Gasteiger partial charge on any atom is 0.139 e. The van der Waals surface area contributed by atoms with Crippen LogP contribution in [0.25, 0.3) is 12.2 Å². The Bertz CT molecular complexity index is 561. The lowest BCUT2D eigenvalue weighted by Crippen LogP contribution is -2.02. The summed E-state index contributed by atoms with van der Waals surface area (Å²) in [4.78, 5) is 0. The average Bonchev–Trinajstić information content (AvgIpc) is 2.37. The van der Waals surface area contributed by atoms with Crippen molar-refractivity contribution in [3.63, 3.8) is 0 Å². The summed E-state index contributed by atoms with van der Waals surface area (Å²) in [7, 11) is 3.68. The predicted octanol–water partition coefficient (Wildman–Crippen LogP) is 2.26. The number of ether oxygens (including phenoxy) is 1. The fourth-order valence-corrected chi connectivity index (χ4v) is 1.76. The first-order valence-corrected chi connectivity index (χ1v) is 5.77. The van der Waals surface area contributed by atoms with E-state index in [9.17, 15) is 4.39 Å². The highest BCUT2D eigenvalue weighted by atomic mass is 19.1. The number of hydrogen-bond donors (Lipinski definition) is 0. The van der Waals surface area contributed by atoms with Crippen molar-refractivity contribution in [3.05, 3.63) is 59.4 Å². The van der Waals surface area contributed by atoms with Crippen molar-refractivity contribution >= 4 is 25.5 Å². The van der Waals surface area contributed by atoms with E-state index in [1.807, 2.05) is 32.1 Å². The molecule has 90 valence electrons. The number of methoxy groups -OCH3 is 1. The van der Waals surface area contributed by atoms with Gasteiger partial charge >= 0.3 is 0 Å². The second kappa shape index (κ2) is 5.54. The van der Waals surface area contributed by atoms with E-state index in [1.54, 1.807) is 19.2 Å². The van der Waals surface area contributed by atoms with Crippen molar-refractivity contribution in [2.75, 3.05) is 7.11 Å². The van der Waals surface area contributed by atoms with E-state index >= 15 is 0 Å². The van der Waals surface area contributed by atoms with Crippen LogP contribution in [0.5, 0.6) is 5.75 Å². The van der Waals surface area contributed by atoms with E-state index in [0.29, 0.717) is 0 Å². The van der Waals surface area contributed by atoms with E-state index in [2.05, 4.69) is 6.07 Å². The minimum absolute atomic E-state index is 0.218. The largest absolute Gasteiger partial charge is 0.497 e. The Kier molecular flexibility index (Phi) is 3.83. The van der Waals surface area contributed by atoms with E-state index in [0.717, 1.165) is 22.3 Å². The van der Waals surface area contributed by atoms with Crippen LogP contribution in [0.1, 0.15) is 11.1 Å². The normalized spacial score (nSPS) is 10.8. The van der Waals surface area contributed by atoms with Crippen LogP contribution in [0, 0.1) is 5.82 Å². The molecule has 0 fully saturated rings. The number of benzene rings is 2. The van der Waals surface area contributed by atoms with Crippen molar-refractivity contribution in [2.45, 2.75) is 0 Å². The third-order valence-electron chi connectivity index (χ3n) is 2.65. The van der Waals surface area contributed by atoms with E-state index in [-0.39, 0.29) is 5.82 Å². The molecule has 0 N–H and O–H groups in total. The lowest BCUT2D eigenvalue weighted by Gasteiger charge is -2.03. The van der Waals surface area contributed by atoms with Crippen LogP contribution in [-0.4, -0.2) is 15.0 Å². The van der Waals surface area contributed by atoms with Crippen LogP contribution in [0.15, 0.2) is 42.5 Å². The minimum atomic E-state index is -0.218. The SMILES string of the molecule is Bc1cc(/C=C/c2ccc(F)cc2)cc(OC)c1. The van der Waals surface area contributed by atoms with Gasteiger partial charge in [-0.25, -0.2) is 4.39 Å². The molecule has 0 aliphatic rings. The van der Waals surface area contributed by atoms with E-state index in [1.165, 1.54) is 12.1 Å². The Balaban J connectivity index is 2.22. The van der Waals surface area contributed by atoms with Crippen LogP contribution in [0.3, 0.4) is 0 Å². The molecule has 0 amide bonds. The summed E-state index contributed by atoms with van der Waals surface area (Å²) >= 11 is 0. The van der Waals surface area contributed by atoms with Crippen LogP contribution >= 0.6 is 0 Å². The molecule has 0 saturated carbocycles. The molecule has 0 spiro atoms. The van der Waals surface area contributed by atoms with Gasteiger partial charge < -0.3 is 4.74 Å². The number of halogens is 1. The van der Waals surface area contributed by atoms with Gasteiger partial charge in [0.05, 0.1) is 7.11 Å². The Morgan fingerprint density at radius 3 is 2.33 bits per heavy atom. The lowest BCUT2D eigenvalue weighted by molar-refractivity contribution is 0.415. The lowest BCUT2D eigenvalue weighted by atomic mass is 9.94. The zero-order chi connectivity index (χ0) is 13.0. The molecule has 2 aromatic carbocycles. The van der Waals surface area contributed by atoms with Crippen molar-refractivity contribution in [1.29, 1.82) is 0 Å². The van der Waals surface area contributed by atoms with Gasteiger partial charge in [0.25, 0.3) is 0 Å². The third-order valence-corrected chi connectivity index (χ3v) is 2.65. The average molecular weight is 240 g/mol. The van der Waals surface area contributed by atoms with Gasteiger partial charge in [-0.1, -0.05) is 35.8 Å². The van der Waals surface area contributed by atoms with Crippen LogP contribution in [0.4, 0.5) is 4.39 Å². The summed E-state index contributed by atoms with van der Waals surface area (Å²) in [5.41, 5.74) is 3.18. The van der Waals surface area contributed by atoms with E-state index in [4.69, 9.17) is 4.74 Å². The summed E-state index contributed by atoms with van der Waals surface area (Å²) in [5.74, 6) is 0.623. The summed E-state index contributed by atoms with van der Waals surface area (Å²) in [5, 5.41) is 0. The zero-order valence-electron chi connectivity index (χ0n) is 10.5. The Morgan fingerprint density at radius 2 is 1.67 bits per heavy atom. The second-order valence-corrected chi connectivity index (χ2v) is 4.17. The molecule has 0 aromatic heterocycles. The van der Waals surface area contributed by atoms with Crippen LogP contribution in [0.2, 0.25) is 0 Å². The van der Waals surface area contributed by atoms with Gasteiger partial charge in [-0.2, -0.15) is 0 Å². The van der Waals surface area contributed by atoms with Gasteiger partial charge in [-0.3, -0.25) is 0 Å². The topological polar surface area (TPSA) is 9.23 Å². The summed E-state index contributed by atoms with van der Waals surface area (Å²) in [6, 6.07) is 12.4. The molecule has 0 saturated heterocycles. The van der Waals surface area contributed by atoms with Gasteiger partial charge in [-0.15, -0.1) is 0 Å². The monoisotopic (exact) mass is 240 g/mol. The molecular weight excluding hydrogens is 226 g/mol. The van der Waals surface area contributed by atoms with Gasteiger partial charge in [-0.05, 0) is 35.4 Å². The molecule has 0 heterocycles. The van der Waals surface area contributed by atoms with Gasteiger partial charge in [0, 0.05) is 0 Å². The Hall–Kier alpha value is -2.03. The van der Waals surface area contributed by atoms with E-state index < -0.39 is 0 Å². The minimum Gasteiger partial charge on any atom is -0.497 e. The smallest absolute Gasteiger partial charge is 0.139 e. The second-order valence-electron chi connectivity index (χ2n) is 4.17. The highest BCUT2D eigenvalue weighted by molar-refractivity contribution is 6.32. The molecule has 18 heavy (non-hydrogen) atoms. The maximum absolute atomic E-state index is 12.8. The standard InChI is InChI=1S/C15H14BFO/c1-18-15-9-12(8-13(16)10-15)3-2-11-4-6-14(17)7-5-11/h2-10H,16H2,1H3/b3-2+. The van der Waals surface area contributed by atoms with Gasteiger partial charge in [0.1, 0.15) is 19.4 Å². The van der Waals surface area contributed by atoms with Gasteiger partial charge in [0.15, 0.2) is 0 Å². The molecule has 2 aromatic rings. The molecule has 2 rings (SSSR count). The molecule has 1 nitrogen and oxygen atoms in total.